The van der Waals surface area contributed by atoms with Gasteiger partial charge in [0.1, 0.15) is 5.82 Å². The van der Waals surface area contributed by atoms with Gasteiger partial charge in [0.25, 0.3) is 0 Å². The van der Waals surface area contributed by atoms with Gasteiger partial charge < -0.3 is 4.90 Å². The highest BCUT2D eigenvalue weighted by Gasteiger charge is 2.16. The lowest BCUT2D eigenvalue weighted by Crippen LogP contribution is -2.32. The molecule has 1 rings (SSSR count). The van der Waals surface area contributed by atoms with Crippen LogP contribution >= 0.6 is 15.9 Å². The number of nitrogens with zero attached hydrogens (tertiary/aromatic N) is 1. The van der Waals surface area contributed by atoms with Crippen molar-refractivity contribution in [2.75, 3.05) is 11.4 Å². The van der Waals surface area contributed by atoms with Crippen molar-refractivity contribution in [3.63, 3.8) is 0 Å². The Hall–Kier alpha value is -0.570. The maximum absolute atomic E-state index is 13.8. The van der Waals surface area contributed by atoms with E-state index >= 15 is 0 Å². The molecule has 1 aromatic carbocycles. The molecule has 0 spiro atoms. The van der Waals surface area contributed by atoms with Crippen molar-refractivity contribution in [1.29, 1.82) is 0 Å². The van der Waals surface area contributed by atoms with Crippen LogP contribution in [0.1, 0.15) is 26.3 Å². The van der Waals surface area contributed by atoms with Gasteiger partial charge in [-0.1, -0.05) is 28.1 Å². The Morgan fingerprint density at radius 3 is 2.53 bits per heavy atom. The normalized spacial score (nSPS) is 10.8. The third-order valence-electron chi connectivity index (χ3n) is 2.47. The molecule has 0 N–H and O–H groups in total. The predicted octanol–water partition coefficient (Wildman–Crippen LogP) is 3.96. The Labute approximate surface area is 99.4 Å². The highest BCUT2D eigenvalue weighted by molar-refractivity contribution is 9.08. The van der Waals surface area contributed by atoms with E-state index in [0.717, 1.165) is 17.8 Å². The van der Waals surface area contributed by atoms with Crippen molar-refractivity contribution in [2.45, 2.75) is 32.1 Å². The summed E-state index contributed by atoms with van der Waals surface area (Å²) in [5.41, 5.74) is 1.73. The fourth-order valence-corrected chi connectivity index (χ4v) is 2.22. The molecule has 15 heavy (non-hydrogen) atoms. The van der Waals surface area contributed by atoms with Crippen molar-refractivity contribution >= 4 is 21.6 Å². The molecule has 0 heterocycles. The number of anilines is 1. The molecule has 0 radical (unpaired) electrons. The summed E-state index contributed by atoms with van der Waals surface area (Å²) in [4.78, 5) is 2.08. The van der Waals surface area contributed by atoms with E-state index in [-0.39, 0.29) is 5.82 Å². The Bertz CT molecular complexity index is 325. The molecule has 0 saturated carbocycles. The molecular weight excluding hydrogens is 257 g/mol. The van der Waals surface area contributed by atoms with Crippen LogP contribution in [0.5, 0.6) is 0 Å². The van der Waals surface area contributed by atoms with E-state index in [0.29, 0.717) is 11.4 Å². The van der Waals surface area contributed by atoms with E-state index < -0.39 is 0 Å². The number of para-hydroxylation sites is 1. The minimum absolute atomic E-state index is 0.137. The number of rotatable bonds is 4. The van der Waals surface area contributed by atoms with Gasteiger partial charge in [-0.25, -0.2) is 4.39 Å². The van der Waals surface area contributed by atoms with Crippen LogP contribution in [0, 0.1) is 5.82 Å². The van der Waals surface area contributed by atoms with Crippen LogP contribution in [0.15, 0.2) is 18.2 Å². The molecule has 0 atom stereocenters. The van der Waals surface area contributed by atoms with Crippen LogP contribution in [-0.4, -0.2) is 12.6 Å². The summed E-state index contributed by atoms with van der Waals surface area (Å²) in [6.45, 7) is 7.02. The standard InChI is InChI=1S/C12H17BrFN/c1-4-15(9(2)3)12-10(8-13)6-5-7-11(12)14/h5-7,9H,4,8H2,1-3H3. The topological polar surface area (TPSA) is 3.24 Å². The lowest BCUT2D eigenvalue weighted by Gasteiger charge is -2.29. The zero-order valence-electron chi connectivity index (χ0n) is 9.43. The van der Waals surface area contributed by atoms with E-state index in [9.17, 15) is 4.39 Å². The maximum Gasteiger partial charge on any atom is 0.146 e. The van der Waals surface area contributed by atoms with E-state index in [1.165, 1.54) is 6.07 Å². The molecule has 1 aromatic rings. The Balaban J connectivity index is 3.20. The lowest BCUT2D eigenvalue weighted by atomic mass is 10.1. The monoisotopic (exact) mass is 273 g/mol. The third-order valence-corrected chi connectivity index (χ3v) is 3.07. The highest BCUT2D eigenvalue weighted by Crippen LogP contribution is 2.27. The number of benzene rings is 1. The number of halogens is 2. The zero-order chi connectivity index (χ0) is 11.4. The molecule has 0 bridgehead atoms. The molecule has 0 unspecified atom stereocenters. The summed E-state index contributed by atoms with van der Waals surface area (Å²) >= 11 is 3.40. The van der Waals surface area contributed by atoms with Crippen LogP contribution in [0.3, 0.4) is 0 Å². The largest absolute Gasteiger partial charge is 0.367 e. The summed E-state index contributed by atoms with van der Waals surface area (Å²) in [5, 5.41) is 0.684. The summed E-state index contributed by atoms with van der Waals surface area (Å²) in [7, 11) is 0. The second-order valence-corrected chi connectivity index (χ2v) is 4.32. The van der Waals surface area contributed by atoms with E-state index in [1.54, 1.807) is 6.07 Å². The molecule has 84 valence electrons. The Kier molecular flexibility index (Phi) is 4.58. The summed E-state index contributed by atoms with van der Waals surface area (Å²) in [6.07, 6.45) is 0. The van der Waals surface area contributed by atoms with Crippen LogP contribution in [0.2, 0.25) is 0 Å². The van der Waals surface area contributed by atoms with Gasteiger partial charge in [0, 0.05) is 17.9 Å². The first-order chi connectivity index (χ1) is 7.11. The quantitative estimate of drug-likeness (QED) is 0.751. The van der Waals surface area contributed by atoms with Crippen LogP contribution in [0.4, 0.5) is 10.1 Å². The van der Waals surface area contributed by atoms with E-state index in [2.05, 4.69) is 34.7 Å². The summed E-state index contributed by atoms with van der Waals surface area (Å²) in [6, 6.07) is 5.54. The van der Waals surface area contributed by atoms with E-state index in [1.807, 2.05) is 13.0 Å². The molecule has 0 aromatic heterocycles. The fourth-order valence-electron chi connectivity index (χ4n) is 1.77. The van der Waals surface area contributed by atoms with Crippen molar-refractivity contribution in [2.24, 2.45) is 0 Å². The van der Waals surface area contributed by atoms with Crippen molar-refractivity contribution < 1.29 is 4.39 Å². The van der Waals surface area contributed by atoms with Crippen molar-refractivity contribution in [3.8, 4) is 0 Å². The van der Waals surface area contributed by atoms with Gasteiger partial charge in [-0.05, 0) is 32.4 Å². The summed E-state index contributed by atoms with van der Waals surface area (Å²) in [5.74, 6) is -0.137. The SMILES string of the molecule is CCN(c1c(F)cccc1CBr)C(C)C. The summed E-state index contributed by atoms with van der Waals surface area (Å²) < 4.78 is 13.8. The van der Waals surface area contributed by atoms with Crippen LogP contribution in [-0.2, 0) is 5.33 Å². The average molecular weight is 274 g/mol. The third kappa shape index (κ3) is 2.71. The van der Waals surface area contributed by atoms with Gasteiger partial charge in [-0.15, -0.1) is 0 Å². The Morgan fingerprint density at radius 2 is 2.07 bits per heavy atom. The number of alkyl halides is 1. The van der Waals surface area contributed by atoms with Gasteiger partial charge >= 0.3 is 0 Å². The van der Waals surface area contributed by atoms with E-state index in [4.69, 9.17) is 0 Å². The Morgan fingerprint density at radius 1 is 1.40 bits per heavy atom. The van der Waals surface area contributed by atoms with Gasteiger partial charge in [0.15, 0.2) is 0 Å². The highest BCUT2D eigenvalue weighted by atomic mass is 79.9. The minimum Gasteiger partial charge on any atom is -0.367 e. The zero-order valence-corrected chi connectivity index (χ0v) is 11.0. The molecule has 1 nitrogen and oxygen atoms in total. The number of hydrogen-bond donors (Lipinski definition) is 0. The van der Waals surface area contributed by atoms with Crippen LogP contribution < -0.4 is 4.90 Å². The van der Waals surface area contributed by atoms with Crippen molar-refractivity contribution in [3.05, 3.63) is 29.6 Å². The smallest absolute Gasteiger partial charge is 0.146 e. The molecule has 0 aliphatic rings. The second kappa shape index (κ2) is 5.50. The molecule has 3 heteroatoms. The predicted molar refractivity (Wildman–Crippen MR) is 67.2 cm³/mol. The maximum atomic E-state index is 13.8. The first-order valence-corrected chi connectivity index (χ1v) is 6.34. The van der Waals surface area contributed by atoms with Gasteiger partial charge in [-0.3, -0.25) is 0 Å². The van der Waals surface area contributed by atoms with Gasteiger partial charge in [0.05, 0.1) is 5.69 Å². The fraction of sp³-hybridized carbons (Fsp3) is 0.500. The molecular formula is C12H17BrFN. The van der Waals surface area contributed by atoms with Crippen LogP contribution in [0.25, 0.3) is 0 Å². The second-order valence-electron chi connectivity index (χ2n) is 3.76. The lowest BCUT2D eigenvalue weighted by molar-refractivity contribution is 0.602. The molecule has 0 fully saturated rings. The molecule has 0 amide bonds. The minimum atomic E-state index is -0.137. The van der Waals surface area contributed by atoms with Gasteiger partial charge in [0.2, 0.25) is 0 Å². The van der Waals surface area contributed by atoms with Crippen molar-refractivity contribution in [1.82, 2.24) is 0 Å². The molecule has 0 aliphatic heterocycles. The molecule has 0 saturated heterocycles. The number of hydrogen-bond acceptors (Lipinski definition) is 1. The van der Waals surface area contributed by atoms with Gasteiger partial charge in [-0.2, -0.15) is 0 Å². The average Bonchev–Trinajstić information content (AvgIpc) is 2.21. The first-order valence-electron chi connectivity index (χ1n) is 5.21. The first kappa shape index (κ1) is 12.5. The molecule has 0 aliphatic carbocycles.